The number of aryl methyl sites for hydroxylation is 1. The number of nitrogens with zero attached hydrogens (tertiary/aromatic N) is 6. The minimum Gasteiger partial charge on any atom is -0.476 e. The fourth-order valence-electron chi connectivity index (χ4n) is 1.92. The zero-order valence-corrected chi connectivity index (χ0v) is 11.9. The fourth-order valence-corrected chi connectivity index (χ4v) is 1.92. The van der Waals surface area contributed by atoms with Crippen LogP contribution in [-0.4, -0.2) is 40.8 Å². The highest BCUT2D eigenvalue weighted by molar-refractivity contribution is 5.85. The highest BCUT2D eigenvalue weighted by atomic mass is 16.4. The van der Waals surface area contributed by atoms with Crippen LogP contribution < -0.4 is 0 Å². The zero-order chi connectivity index (χ0) is 15.7. The van der Waals surface area contributed by atoms with E-state index in [0.717, 1.165) is 11.3 Å². The monoisotopic (exact) mass is 296 g/mol. The van der Waals surface area contributed by atoms with Crippen molar-refractivity contribution in [2.24, 2.45) is 0 Å². The maximum Gasteiger partial charge on any atom is 0.356 e. The minimum absolute atomic E-state index is 0.0447. The molecular formula is C14H12N6O2. The van der Waals surface area contributed by atoms with E-state index in [0.29, 0.717) is 17.3 Å². The van der Waals surface area contributed by atoms with E-state index in [9.17, 15) is 4.79 Å². The lowest BCUT2D eigenvalue weighted by atomic mass is 10.2. The van der Waals surface area contributed by atoms with E-state index in [1.54, 1.807) is 24.8 Å². The molecule has 0 unspecified atom stereocenters. The molecule has 3 heterocycles. The maximum absolute atomic E-state index is 11.0. The number of hydrogen-bond donors (Lipinski definition) is 1. The summed E-state index contributed by atoms with van der Waals surface area (Å²) < 4.78 is 1.42. The first-order valence-electron chi connectivity index (χ1n) is 6.47. The fraction of sp³-hybridized carbons (Fsp3) is 0.143. The summed E-state index contributed by atoms with van der Waals surface area (Å²) in [5, 5.41) is 13.0. The van der Waals surface area contributed by atoms with Crippen LogP contribution in [0.25, 0.3) is 17.3 Å². The Labute approximate surface area is 125 Å². The van der Waals surface area contributed by atoms with Crippen molar-refractivity contribution in [3.05, 3.63) is 47.8 Å². The van der Waals surface area contributed by atoms with E-state index in [1.807, 2.05) is 13.8 Å². The lowest BCUT2D eigenvalue weighted by Crippen LogP contribution is -2.08. The Bertz CT molecular complexity index is 844. The normalized spacial score (nSPS) is 10.6. The van der Waals surface area contributed by atoms with Gasteiger partial charge in [0.05, 0.1) is 6.20 Å². The van der Waals surface area contributed by atoms with E-state index >= 15 is 0 Å². The summed E-state index contributed by atoms with van der Waals surface area (Å²) >= 11 is 0. The molecule has 0 fully saturated rings. The maximum atomic E-state index is 11.0. The first-order chi connectivity index (χ1) is 10.6. The number of carbonyl (C=O) groups is 1. The van der Waals surface area contributed by atoms with Crippen LogP contribution in [0.2, 0.25) is 0 Å². The number of carboxylic acid groups (broad SMARTS) is 1. The van der Waals surface area contributed by atoms with E-state index in [2.05, 4.69) is 25.0 Å². The van der Waals surface area contributed by atoms with Gasteiger partial charge in [-0.1, -0.05) is 0 Å². The van der Waals surface area contributed by atoms with Crippen molar-refractivity contribution in [2.45, 2.75) is 13.8 Å². The Morgan fingerprint density at radius 3 is 2.68 bits per heavy atom. The minimum atomic E-state index is -1.09. The summed E-state index contributed by atoms with van der Waals surface area (Å²) in [6.07, 6.45) is 6.25. The molecule has 1 N–H and O–H groups in total. The SMILES string of the molecule is Cc1nc(-c2cnccn2)nc(-n2ccc(C(=O)O)n2)c1C. The molecular weight excluding hydrogens is 284 g/mol. The second-order valence-corrected chi connectivity index (χ2v) is 4.62. The zero-order valence-electron chi connectivity index (χ0n) is 11.9. The summed E-state index contributed by atoms with van der Waals surface area (Å²) in [6.45, 7) is 3.70. The summed E-state index contributed by atoms with van der Waals surface area (Å²) in [5.74, 6) is -0.157. The van der Waals surface area contributed by atoms with Crippen molar-refractivity contribution < 1.29 is 9.90 Å². The highest BCUT2D eigenvalue weighted by Gasteiger charge is 2.15. The standard InChI is InChI=1S/C14H12N6O2/c1-8-9(2)17-12(11-7-15-4-5-16-11)18-13(8)20-6-3-10(19-20)14(21)22/h3-7H,1-2H3,(H,21,22). The van der Waals surface area contributed by atoms with Gasteiger partial charge in [0.15, 0.2) is 17.3 Å². The van der Waals surface area contributed by atoms with Gasteiger partial charge in [0.2, 0.25) is 0 Å². The Kier molecular flexibility index (Phi) is 3.34. The third kappa shape index (κ3) is 2.41. The lowest BCUT2D eigenvalue weighted by molar-refractivity contribution is 0.0690. The average Bonchev–Trinajstić information content (AvgIpc) is 3.01. The number of aromatic nitrogens is 6. The topological polar surface area (TPSA) is 107 Å². The molecule has 0 atom stereocenters. The number of rotatable bonds is 3. The Balaban J connectivity index is 2.14. The Morgan fingerprint density at radius 1 is 1.23 bits per heavy atom. The molecule has 0 aromatic carbocycles. The van der Waals surface area contributed by atoms with Crippen molar-refractivity contribution in [1.29, 1.82) is 0 Å². The highest BCUT2D eigenvalue weighted by Crippen LogP contribution is 2.19. The lowest BCUT2D eigenvalue weighted by Gasteiger charge is -2.09. The van der Waals surface area contributed by atoms with Gasteiger partial charge in [-0.15, -0.1) is 0 Å². The van der Waals surface area contributed by atoms with Gasteiger partial charge in [-0.25, -0.2) is 24.4 Å². The molecule has 0 amide bonds. The van der Waals surface area contributed by atoms with Crippen molar-refractivity contribution in [3.63, 3.8) is 0 Å². The molecule has 0 spiro atoms. The van der Waals surface area contributed by atoms with E-state index in [-0.39, 0.29) is 5.69 Å². The molecule has 8 heteroatoms. The molecule has 3 rings (SSSR count). The molecule has 0 aliphatic heterocycles. The second-order valence-electron chi connectivity index (χ2n) is 4.62. The van der Waals surface area contributed by atoms with Crippen LogP contribution in [0.15, 0.2) is 30.9 Å². The van der Waals surface area contributed by atoms with Crippen LogP contribution in [-0.2, 0) is 0 Å². The molecule has 22 heavy (non-hydrogen) atoms. The first-order valence-corrected chi connectivity index (χ1v) is 6.47. The number of aromatic carboxylic acids is 1. The summed E-state index contributed by atoms with van der Waals surface area (Å²) in [6, 6.07) is 1.42. The van der Waals surface area contributed by atoms with E-state index < -0.39 is 5.97 Å². The molecule has 0 radical (unpaired) electrons. The molecule has 3 aromatic rings. The number of carboxylic acids is 1. The van der Waals surface area contributed by atoms with Crippen LogP contribution in [0.3, 0.4) is 0 Å². The van der Waals surface area contributed by atoms with Crippen LogP contribution >= 0.6 is 0 Å². The molecule has 0 bridgehead atoms. The third-order valence-electron chi connectivity index (χ3n) is 3.18. The van der Waals surface area contributed by atoms with Gasteiger partial charge in [-0.3, -0.25) is 4.98 Å². The summed E-state index contributed by atoms with van der Waals surface area (Å²) in [5.41, 5.74) is 2.07. The third-order valence-corrected chi connectivity index (χ3v) is 3.18. The van der Waals surface area contributed by atoms with Crippen molar-refractivity contribution in [2.75, 3.05) is 0 Å². The average molecular weight is 296 g/mol. The molecule has 0 saturated heterocycles. The van der Waals surface area contributed by atoms with Gasteiger partial charge in [0.25, 0.3) is 0 Å². The quantitative estimate of drug-likeness (QED) is 0.779. The van der Waals surface area contributed by atoms with Crippen molar-refractivity contribution in [1.82, 2.24) is 29.7 Å². The van der Waals surface area contributed by atoms with Gasteiger partial charge in [-0.05, 0) is 19.9 Å². The molecule has 0 saturated carbocycles. The molecule has 3 aromatic heterocycles. The second kappa shape index (κ2) is 5.32. The molecule has 0 aliphatic carbocycles. The molecule has 8 nitrogen and oxygen atoms in total. The Morgan fingerprint density at radius 2 is 2.05 bits per heavy atom. The first kappa shape index (κ1) is 13.8. The predicted octanol–water partition coefficient (Wildman–Crippen LogP) is 1.43. The van der Waals surface area contributed by atoms with E-state index in [1.165, 1.54) is 10.7 Å². The van der Waals surface area contributed by atoms with Gasteiger partial charge >= 0.3 is 5.97 Å². The predicted molar refractivity (Wildman–Crippen MR) is 76.6 cm³/mol. The van der Waals surface area contributed by atoms with Crippen LogP contribution in [0.5, 0.6) is 0 Å². The van der Waals surface area contributed by atoms with Crippen LogP contribution in [0, 0.1) is 13.8 Å². The van der Waals surface area contributed by atoms with Gasteiger partial charge in [-0.2, -0.15) is 5.10 Å². The summed E-state index contributed by atoms with van der Waals surface area (Å²) in [4.78, 5) is 28.0. The van der Waals surface area contributed by atoms with Crippen LogP contribution in [0.1, 0.15) is 21.7 Å². The number of hydrogen-bond acceptors (Lipinski definition) is 6. The van der Waals surface area contributed by atoms with Gasteiger partial charge in [0, 0.05) is 29.8 Å². The van der Waals surface area contributed by atoms with E-state index in [4.69, 9.17) is 5.11 Å². The van der Waals surface area contributed by atoms with Crippen molar-refractivity contribution in [3.8, 4) is 17.3 Å². The van der Waals surface area contributed by atoms with Gasteiger partial charge in [0.1, 0.15) is 5.69 Å². The summed E-state index contributed by atoms with van der Waals surface area (Å²) in [7, 11) is 0. The smallest absolute Gasteiger partial charge is 0.356 e. The van der Waals surface area contributed by atoms with Crippen LogP contribution in [0.4, 0.5) is 0 Å². The molecule has 0 aliphatic rings. The largest absolute Gasteiger partial charge is 0.476 e. The molecule has 110 valence electrons. The Hall–Kier alpha value is -3.16. The van der Waals surface area contributed by atoms with Crippen molar-refractivity contribution >= 4 is 5.97 Å². The van der Waals surface area contributed by atoms with Gasteiger partial charge < -0.3 is 5.11 Å².